The van der Waals surface area contributed by atoms with Crippen LogP contribution in [0.25, 0.3) is 0 Å². The Morgan fingerprint density at radius 2 is 1.83 bits per heavy atom. The van der Waals surface area contributed by atoms with Crippen LogP contribution in [0, 0.1) is 0 Å². The third-order valence-corrected chi connectivity index (χ3v) is 3.20. The molecule has 0 fully saturated rings. The Morgan fingerprint density at radius 3 is 2.28 bits per heavy atom. The fraction of sp³-hybridized carbons (Fsp3) is 0.571. The summed E-state index contributed by atoms with van der Waals surface area (Å²) in [5, 5.41) is 9.99. The van der Waals surface area contributed by atoms with E-state index < -0.39 is 0 Å². The van der Waals surface area contributed by atoms with Gasteiger partial charge in [-0.05, 0) is 38.3 Å². The second kappa shape index (κ2) is 8.22. The highest BCUT2D eigenvalue weighted by atomic mass is 35.5. The largest absolute Gasteiger partial charge is 0.508 e. The van der Waals surface area contributed by atoms with Crippen LogP contribution < -0.4 is 10.6 Å². The van der Waals surface area contributed by atoms with E-state index in [-0.39, 0.29) is 18.4 Å². The van der Waals surface area contributed by atoms with Crippen molar-refractivity contribution in [1.29, 1.82) is 0 Å². The number of hydrogen-bond donors (Lipinski definition) is 2. The number of benzene rings is 1. The van der Waals surface area contributed by atoms with Gasteiger partial charge in [0.25, 0.3) is 0 Å². The average molecular weight is 273 g/mol. The van der Waals surface area contributed by atoms with Gasteiger partial charge in [0, 0.05) is 30.9 Å². The Balaban J connectivity index is 0.00000289. The number of phenols is 1. The smallest absolute Gasteiger partial charge is 0.120 e. The summed E-state index contributed by atoms with van der Waals surface area (Å²) in [6, 6.07) is 6.01. The first-order chi connectivity index (χ1) is 8.12. The van der Waals surface area contributed by atoms with Crippen molar-refractivity contribution in [1.82, 2.24) is 0 Å². The van der Waals surface area contributed by atoms with Gasteiger partial charge in [-0.2, -0.15) is 0 Å². The number of aromatic hydroxyl groups is 1. The molecule has 0 spiro atoms. The van der Waals surface area contributed by atoms with Crippen LogP contribution in [0.4, 0.5) is 5.69 Å². The molecule has 0 aliphatic rings. The zero-order valence-electron chi connectivity index (χ0n) is 11.5. The Morgan fingerprint density at radius 1 is 1.22 bits per heavy atom. The summed E-state index contributed by atoms with van der Waals surface area (Å²) in [6.07, 6.45) is 1.66. The van der Waals surface area contributed by atoms with E-state index in [2.05, 4.69) is 31.7 Å². The highest BCUT2D eigenvalue weighted by Gasteiger charge is 2.09. The lowest BCUT2D eigenvalue weighted by Gasteiger charge is -2.22. The molecule has 3 nitrogen and oxygen atoms in total. The van der Waals surface area contributed by atoms with Gasteiger partial charge in [-0.15, -0.1) is 12.4 Å². The minimum atomic E-state index is 0. The summed E-state index contributed by atoms with van der Waals surface area (Å²) in [4.78, 5) is 2.21. The van der Waals surface area contributed by atoms with Crippen LogP contribution in [-0.4, -0.2) is 24.2 Å². The average Bonchev–Trinajstić information content (AvgIpc) is 2.33. The first-order valence-corrected chi connectivity index (χ1v) is 6.44. The van der Waals surface area contributed by atoms with Crippen LogP contribution in [0.2, 0.25) is 0 Å². The van der Waals surface area contributed by atoms with Crippen LogP contribution >= 0.6 is 12.4 Å². The van der Waals surface area contributed by atoms with E-state index in [4.69, 9.17) is 5.73 Å². The molecule has 0 radical (unpaired) electrons. The van der Waals surface area contributed by atoms with Crippen molar-refractivity contribution in [3.8, 4) is 5.75 Å². The van der Waals surface area contributed by atoms with Crippen LogP contribution in [0.15, 0.2) is 18.2 Å². The standard InChI is InChI=1S/C14H24N2O.ClH/c1-4-12(15)9-11-7-8-13(10-14(11)17)16(5-2)6-3;/h7-8,10,12,17H,4-6,9,15H2,1-3H3;1H. The lowest BCUT2D eigenvalue weighted by Crippen LogP contribution is -2.23. The molecule has 3 N–H and O–H groups in total. The van der Waals surface area contributed by atoms with E-state index >= 15 is 0 Å². The lowest BCUT2D eigenvalue weighted by atomic mass is 10.0. The van der Waals surface area contributed by atoms with E-state index in [1.54, 1.807) is 0 Å². The van der Waals surface area contributed by atoms with Crippen molar-refractivity contribution in [2.24, 2.45) is 5.73 Å². The molecule has 0 aromatic heterocycles. The SMILES string of the molecule is CCC(N)Cc1ccc(N(CC)CC)cc1O.Cl. The molecule has 1 aromatic rings. The van der Waals surface area contributed by atoms with E-state index in [0.717, 1.165) is 37.2 Å². The Bertz CT molecular complexity index is 354. The van der Waals surface area contributed by atoms with Crippen molar-refractivity contribution < 1.29 is 5.11 Å². The molecule has 4 heteroatoms. The molecule has 0 amide bonds. The summed E-state index contributed by atoms with van der Waals surface area (Å²) in [5.74, 6) is 0.360. The van der Waals surface area contributed by atoms with Crippen molar-refractivity contribution in [2.75, 3.05) is 18.0 Å². The number of hydrogen-bond acceptors (Lipinski definition) is 3. The monoisotopic (exact) mass is 272 g/mol. The topological polar surface area (TPSA) is 49.5 Å². The van der Waals surface area contributed by atoms with E-state index in [9.17, 15) is 5.11 Å². The summed E-state index contributed by atoms with van der Waals surface area (Å²) < 4.78 is 0. The highest BCUT2D eigenvalue weighted by molar-refractivity contribution is 5.85. The van der Waals surface area contributed by atoms with Gasteiger partial charge in [0.1, 0.15) is 5.75 Å². The summed E-state index contributed by atoms with van der Waals surface area (Å²) in [5.41, 5.74) is 7.91. The molecule has 0 aliphatic heterocycles. The van der Waals surface area contributed by atoms with Crippen molar-refractivity contribution in [2.45, 2.75) is 39.7 Å². The number of nitrogens with zero attached hydrogens (tertiary/aromatic N) is 1. The zero-order valence-corrected chi connectivity index (χ0v) is 12.3. The molecule has 1 rings (SSSR count). The molecule has 1 atom stereocenters. The van der Waals surface area contributed by atoms with E-state index in [1.807, 2.05) is 12.1 Å². The quantitative estimate of drug-likeness (QED) is 0.837. The van der Waals surface area contributed by atoms with Crippen molar-refractivity contribution >= 4 is 18.1 Å². The molecule has 0 heterocycles. The first kappa shape index (κ1) is 17.1. The fourth-order valence-corrected chi connectivity index (χ4v) is 1.94. The molecular weight excluding hydrogens is 248 g/mol. The minimum absolute atomic E-state index is 0. The van der Waals surface area contributed by atoms with Gasteiger partial charge in [-0.3, -0.25) is 0 Å². The predicted molar refractivity (Wildman–Crippen MR) is 80.9 cm³/mol. The van der Waals surface area contributed by atoms with Gasteiger partial charge in [-0.1, -0.05) is 13.0 Å². The summed E-state index contributed by atoms with van der Waals surface area (Å²) in [7, 11) is 0. The molecule has 0 saturated heterocycles. The van der Waals surface area contributed by atoms with Crippen LogP contribution in [0.3, 0.4) is 0 Å². The molecule has 1 unspecified atom stereocenters. The molecular formula is C14H25ClN2O. The summed E-state index contributed by atoms with van der Waals surface area (Å²) in [6.45, 7) is 8.18. The van der Waals surface area contributed by atoms with Crippen molar-refractivity contribution in [3.05, 3.63) is 23.8 Å². The van der Waals surface area contributed by atoms with Gasteiger partial charge in [0.05, 0.1) is 0 Å². The fourth-order valence-electron chi connectivity index (χ4n) is 1.94. The number of nitrogens with two attached hydrogens (primary N) is 1. The maximum absolute atomic E-state index is 9.99. The highest BCUT2D eigenvalue weighted by Crippen LogP contribution is 2.25. The third kappa shape index (κ3) is 4.39. The first-order valence-electron chi connectivity index (χ1n) is 6.44. The van der Waals surface area contributed by atoms with Gasteiger partial charge in [0.15, 0.2) is 0 Å². The Hall–Kier alpha value is -0.930. The number of rotatable bonds is 6. The third-order valence-electron chi connectivity index (χ3n) is 3.20. The summed E-state index contributed by atoms with van der Waals surface area (Å²) >= 11 is 0. The van der Waals surface area contributed by atoms with Crippen LogP contribution in [-0.2, 0) is 6.42 Å². The molecule has 0 bridgehead atoms. The Labute approximate surface area is 116 Å². The predicted octanol–water partition coefficient (Wildman–Crippen LogP) is 2.94. The van der Waals surface area contributed by atoms with Gasteiger partial charge >= 0.3 is 0 Å². The van der Waals surface area contributed by atoms with Crippen LogP contribution in [0.1, 0.15) is 32.8 Å². The van der Waals surface area contributed by atoms with Crippen LogP contribution in [0.5, 0.6) is 5.75 Å². The number of phenolic OH excluding ortho intramolecular Hbond substituents is 1. The maximum Gasteiger partial charge on any atom is 0.120 e. The van der Waals surface area contributed by atoms with E-state index in [0.29, 0.717) is 5.75 Å². The number of anilines is 1. The molecule has 1 aromatic carbocycles. The normalized spacial score (nSPS) is 11.8. The zero-order chi connectivity index (χ0) is 12.8. The van der Waals surface area contributed by atoms with E-state index in [1.165, 1.54) is 0 Å². The second-order valence-corrected chi connectivity index (χ2v) is 4.36. The molecule has 0 saturated carbocycles. The second-order valence-electron chi connectivity index (χ2n) is 4.36. The molecule has 104 valence electrons. The van der Waals surface area contributed by atoms with Gasteiger partial charge in [-0.25, -0.2) is 0 Å². The maximum atomic E-state index is 9.99. The lowest BCUT2D eigenvalue weighted by molar-refractivity contribution is 0.464. The molecule has 0 aliphatic carbocycles. The number of halogens is 1. The Kier molecular flexibility index (Phi) is 7.80. The van der Waals surface area contributed by atoms with Gasteiger partial charge in [0.2, 0.25) is 0 Å². The van der Waals surface area contributed by atoms with Gasteiger partial charge < -0.3 is 15.7 Å². The minimum Gasteiger partial charge on any atom is -0.508 e. The van der Waals surface area contributed by atoms with Crippen molar-refractivity contribution in [3.63, 3.8) is 0 Å². The molecule has 18 heavy (non-hydrogen) atoms.